The number of nitrogens with zero attached hydrogens (tertiary/aromatic N) is 4. The molecule has 2 heterocycles. The average molecular weight is 277 g/mol. The van der Waals surface area contributed by atoms with E-state index < -0.39 is 0 Å². The summed E-state index contributed by atoms with van der Waals surface area (Å²) in [7, 11) is 0. The summed E-state index contributed by atoms with van der Waals surface area (Å²) < 4.78 is 5.48. The Labute approximate surface area is 98.7 Å². The van der Waals surface area contributed by atoms with Crippen LogP contribution in [0, 0.1) is 0 Å². The zero-order chi connectivity index (χ0) is 11.0. The Morgan fingerprint density at radius 1 is 1.06 bits per heavy atom. The third-order valence-electron chi connectivity index (χ3n) is 2.12. The lowest BCUT2D eigenvalue weighted by molar-refractivity contribution is 0.426. The molecule has 78 valence electrons. The Bertz CT molecular complexity index is 652. The van der Waals surface area contributed by atoms with Crippen LogP contribution in [0.4, 0.5) is 0 Å². The standard InChI is InChI=1S/C10H5BrN4O/c11-10-14-9(16-15-10)6-1-2-7-8(5-6)13-4-3-12-7/h1-5H. The quantitative estimate of drug-likeness (QED) is 0.683. The highest BCUT2D eigenvalue weighted by Gasteiger charge is 2.07. The second kappa shape index (κ2) is 3.64. The van der Waals surface area contributed by atoms with Crippen molar-refractivity contribution in [1.29, 1.82) is 0 Å². The van der Waals surface area contributed by atoms with E-state index in [1.807, 2.05) is 18.2 Å². The highest BCUT2D eigenvalue weighted by atomic mass is 79.9. The lowest BCUT2D eigenvalue weighted by atomic mass is 10.2. The molecule has 3 rings (SSSR count). The molecular weight excluding hydrogens is 272 g/mol. The average Bonchev–Trinajstić information content (AvgIpc) is 2.75. The second-order valence-corrected chi connectivity index (χ2v) is 3.84. The van der Waals surface area contributed by atoms with E-state index in [1.165, 1.54) is 0 Å². The first-order valence-corrected chi connectivity index (χ1v) is 5.32. The van der Waals surface area contributed by atoms with Crippen molar-refractivity contribution in [3.05, 3.63) is 35.3 Å². The molecule has 0 aliphatic carbocycles. The summed E-state index contributed by atoms with van der Waals surface area (Å²) >= 11 is 3.14. The predicted octanol–water partition coefficient (Wildman–Crippen LogP) is 2.44. The van der Waals surface area contributed by atoms with Crippen molar-refractivity contribution >= 4 is 27.0 Å². The Morgan fingerprint density at radius 3 is 2.62 bits per heavy atom. The van der Waals surface area contributed by atoms with Gasteiger partial charge in [0.2, 0.25) is 4.73 Å². The minimum atomic E-state index is 0.432. The fourth-order valence-electron chi connectivity index (χ4n) is 1.42. The van der Waals surface area contributed by atoms with Gasteiger partial charge in [-0.15, -0.1) is 0 Å². The van der Waals surface area contributed by atoms with Gasteiger partial charge in [0.05, 0.1) is 11.0 Å². The number of halogens is 1. The number of aromatic nitrogens is 4. The van der Waals surface area contributed by atoms with Crippen molar-refractivity contribution in [2.45, 2.75) is 0 Å². The van der Waals surface area contributed by atoms with Gasteiger partial charge in [-0.2, -0.15) is 4.98 Å². The van der Waals surface area contributed by atoms with Crippen LogP contribution in [0.1, 0.15) is 0 Å². The number of fused-ring (bicyclic) bond motifs is 1. The van der Waals surface area contributed by atoms with Gasteiger partial charge in [0.15, 0.2) is 0 Å². The van der Waals surface area contributed by atoms with E-state index in [9.17, 15) is 0 Å². The third-order valence-corrected chi connectivity index (χ3v) is 2.44. The van der Waals surface area contributed by atoms with Gasteiger partial charge in [0.1, 0.15) is 0 Å². The van der Waals surface area contributed by atoms with Gasteiger partial charge in [-0.1, -0.05) is 0 Å². The number of hydrogen-bond acceptors (Lipinski definition) is 5. The zero-order valence-electron chi connectivity index (χ0n) is 7.96. The minimum absolute atomic E-state index is 0.432. The van der Waals surface area contributed by atoms with Crippen molar-refractivity contribution in [2.75, 3.05) is 0 Å². The van der Waals surface area contributed by atoms with E-state index >= 15 is 0 Å². The molecule has 0 amide bonds. The lowest BCUT2D eigenvalue weighted by Crippen LogP contribution is -1.83. The fourth-order valence-corrected chi connectivity index (χ4v) is 1.65. The first-order chi connectivity index (χ1) is 7.83. The molecule has 16 heavy (non-hydrogen) atoms. The molecule has 0 atom stereocenters. The molecule has 0 spiro atoms. The van der Waals surface area contributed by atoms with Gasteiger partial charge in [0.25, 0.3) is 5.89 Å². The van der Waals surface area contributed by atoms with Crippen molar-refractivity contribution in [3.8, 4) is 11.5 Å². The minimum Gasteiger partial charge on any atom is -0.333 e. The highest BCUT2D eigenvalue weighted by Crippen LogP contribution is 2.21. The smallest absolute Gasteiger partial charge is 0.258 e. The van der Waals surface area contributed by atoms with Crippen LogP contribution in [-0.4, -0.2) is 20.1 Å². The monoisotopic (exact) mass is 276 g/mol. The summed E-state index contributed by atoms with van der Waals surface area (Å²) in [5.41, 5.74) is 2.46. The van der Waals surface area contributed by atoms with Crippen molar-refractivity contribution in [1.82, 2.24) is 20.1 Å². The third kappa shape index (κ3) is 1.57. The van der Waals surface area contributed by atoms with Crippen LogP contribution < -0.4 is 0 Å². The van der Waals surface area contributed by atoms with Gasteiger partial charge in [0, 0.05) is 18.0 Å². The van der Waals surface area contributed by atoms with E-state index in [4.69, 9.17) is 4.52 Å². The van der Waals surface area contributed by atoms with Gasteiger partial charge >= 0.3 is 0 Å². The largest absolute Gasteiger partial charge is 0.333 e. The molecule has 0 aliphatic rings. The van der Waals surface area contributed by atoms with Crippen LogP contribution in [-0.2, 0) is 0 Å². The SMILES string of the molecule is Brc1noc(-c2ccc3nccnc3c2)n1. The summed E-state index contributed by atoms with van der Waals surface area (Å²) in [6.45, 7) is 0. The molecule has 1 aromatic carbocycles. The maximum Gasteiger partial charge on any atom is 0.258 e. The van der Waals surface area contributed by atoms with E-state index in [-0.39, 0.29) is 0 Å². The maximum absolute atomic E-state index is 5.04. The molecule has 0 N–H and O–H groups in total. The normalized spacial score (nSPS) is 10.8. The van der Waals surface area contributed by atoms with Crippen LogP contribution in [0.5, 0.6) is 0 Å². The summed E-state index contributed by atoms with van der Waals surface area (Å²) in [6, 6.07) is 5.61. The van der Waals surface area contributed by atoms with Crippen LogP contribution in [0.15, 0.2) is 39.8 Å². The molecule has 5 nitrogen and oxygen atoms in total. The summed E-state index contributed by atoms with van der Waals surface area (Å²) in [6.07, 6.45) is 3.31. The molecular formula is C10H5BrN4O. The number of rotatable bonds is 1. The van der Waals surface area contributed by atoms with Gasteiger partial charge in [-0.25, -0.2) is 0 Å². The van der Waals surface area contributed by atoms with Gasteiger partial charge in [-0.3, -0.25) is 9.97 Å². The Morgan fingerprint density at radius 2 is 1.88 bits per heavy atom. The fraction of sp³-hybridized carbons (Fsp3) is 0. The molecule has 0 fully saturated rings. The molecule has 3 aromatic rings. The van der Waals surface area contributed by atoms with E-state index in [1.54, 1.807) is 12.4 Å². The summed E-state index contributed by atoms with van der Waals surface area (Å²) in [5.74, 6) is 0.458. The van der Waals surface area contributed by atoms with E-state index in [0.717, 1.165) is 16.6 Å². The molecule has 0 radical (unpaired) electrons. The molecule has 0 saturated heterocycles. The molecule has 6 heteroatoms. The van der Waals surface area contributed by atoms with Crippen molar-refractivity contribution < 1.29 is 4.52 Å². The topological polar surface area (TPSA) is 64.7 Å². The van der Waals surface area contributed by atoms with Gasteiger partial charge in [-0.05, 0) is 39.3 Å². The van der Waals surface area contributed by atoms with E-state index in [2.05, 4.69) is 36.0 Å². The zero-order valence-corrected chi connectivity index (χ0v) is 9.55. The molecule has 0 saturated carbocycles. The van der Waals surface area contributed by atoms with Crippen LogP contribution in [0.2, 0.25) is 0 Å². The van der Waals surface area contributed by atoms with Gasteiger partial charge < -0.3 is 4.52 Å². The van der Waals surface area contributed by atoms with Crippen molar-refractivity contribution in [3.63, 3.8) is 0 Å². The predicted molar refractivity (Wildman–Crippen MR) is 60.5 cm³/mol. The summed E-state index contributed by atoms with van der Waals surface area (Å²) in [4.78, 5) is 12.5. The molecule has 0 unspecified atom stereocenters. The number of hydrogen-bond donors (Lipinski definition) is 0. The second-order valence-electron chi connectivity index (χ2n) is 3.13. The summed E-state index contributed by atoms with van der Waals surface area (Å²) in [5, 5.41) is 3.67. The number of benzene rings is 1. The first-order valence-electron chi connectivity index (χ1n) is 4.53. The Balaban J connectivity index is 2.18. The van der Waals surface area contributed by atoms with Crippen LogP contribution in [0.3, 0.4) is 0 Å². The first kappa shape index (κ1) is 9.41. The van der Waals surface area contributed by atoms with Crippen LogP contribution in [0.25, 0.3) is 22.5 Å². The molecule has 0 bridgehead atoms. The molecule has 0 aliphatic heterocycles. The Hall–Kier alpha value is -1.82. The maximum atomic E-state index is 5.04. The van der Waals surface area contributed by atoms with E-state index in [0.29, 0.717) is 10.6 Å². The van der Waals surface area contributed by atoms with Crippen molar-refractivity contribution in [2.24, 2.45) is 0 Å². The Kier molecular flexibility index (Phi) is 2.14. The molecule has 2 aromatic heterocycles. The van der Waals surface area contributed by atoms with Crippen LogP contribution >= 0.6 is 15.9 Å². The highest BCUT2D eigenvalue weighted by molar-refractivity contribution is 9.10. The lowest BCUT2D eigenvalue weighted by Gasteiger charge is -1.97.